The van der Waals surface area contributed by atoms with Crippen molar-refractivity contribution >= 4 is 34.1 Å². The van der Waals surface area contributed by atoms with E-state index in [4.69, 9.17) is 10.00 Å². The number of aryl methyl sites for hydroxylation is 1. The minimum atomic E-state index is -1.46. The zero-order valence-electron chi connectivity index (χ0n) is 13.8. The maximum atomic E-state index is 9.33. The predicted octanol–water partition coefficient (Wildman–Crippen LogP) is 2.38. The van der Waals surface area contributed by atoms with Crippen LogP contribution in [0.5, 0.6) is 5.75 Å². The molecule has 0 aliphatic rings. The van der Waals surface area contributed by atoms with Crippen LogP contribution in [0.3, 0.4) is 0 Å². The van der Waals surface area contributed by atoms with Crippen molar-refractivity contribution in [3.63, 3.8) is 0 Å². The van der Waals surface area contributed by atoms with E-state index in [-0.39, 0.29) is 0 Å². The van der Waals surface area contributed by atoms with E-state index in [0.717, 1.165) is 34.2 Å². The van der Waals surface area contributed by atoms with Gasteiger partial charge in [-0.3, -0.25) is 0 Å². The van der Waals surface area contributed by atoms with Crippen LogP contribution in [0.25, 0.3) is 10.2 Å². The first-order valence-corrected chi connectivity index (χ1v) is 8.83. The summed E-state index contributed by atoms with van der Waals surface area (Å²) < 4.78 is 6.82. The molecule has 5 nitrogen and oxygen atoms in total. The lowest BCUT2D eigenvalue weighted by molar-refractivity contribution is 0.305. The summed E-state index contributed by atoms with van der Waals surface area (Å²) in [6.07, 6.45) is 1.81. The Labute approximate surface area is 150 Å². The van der Waals surface area contributed by atoms with Crippen LogP contribution in [0.1, 0.15) is 29.5 Å². The Balaban J connectivity index is 1.79. The molecule has 0 saturated carbocycles. The molecule has 0 amide bonds. The van der Waals surface area contributed by atoms with Crippen molar-refractivity contribution in [3.8, 4) is 11.8 Å². The lowest BCUT2D eigenvalue weighted by atomic mass is 9.78. The van der Waals surface area contributed by atoms with E-state index >= 15 is 0 Å². The van der Waals surface area contributed by atoms with Gasteiger partial charge < -0.3 is 14.8 Å². The smallest absolute Gasteiger partial charge is 0.488 e. The highest BCUT2D eigenvalue weighted by Gasteiger charge is 2.13. The Kier molecular flexibility index (Phi) is 5.34. The van der Waals surface area contributed by atoms with Crippen LogP contribution < -0.4 is 10.2 Å². The molecule has 1 aromatic heterocycles. The first-order valence-electron chi connectivity index (χ1n) is 8.02. The van der Waals surface area contributed by atoms with Crippen molar-refractivity contribution < 1.29 is 14.8 Å². The van der Waals surface area contributed by atoms with Gasteiger partial charge in [-0.25, -0.2) is 4.98 Å². The number of benzene rings is 2. The quantitative estimate of drug-likeness (QED) is 0.665. The van der Waals surface area contributed by atoms with Crippen LogP contribution in [0.4, 0.5) is 0 Å². The fourth-order valence-electron chi connectivity index (χ4n) is 2.65. The molecule has 25 heavy (non-hydrogen) atoms. The van der Waals surface area contributed by atoms with Gasteiger partial charge in [-0.05, 0) is 41.2 Å². The van der Waals surface area contributed by atoms with Crippen molar-refractivity contribution in [3.05, 3.63) is 52.5 Å². The Morgan fingerprint density at radius 3 is 2.76 bits per heavy atom. The molecule has 0 fully saturated rings. The van der Waals surface area contributed by atoms with E-state index < -0.39 is 7.12 Å². The van der Waals surface area contributed by atoms with Gasteiger partial charge in [0.1, 0.15) is 18.4 Å². The summed E-state index contributed by atoms with van der Waals surface area (Å²) in [5.41, 5.74) is 3.36. The van der Waals surface area contributed by atoms with Crippen molar-refractivity contribution in [2.24, 2.45) is 0 Å². The van der Waals surface area contributed by atoms with Gasteiger partial charge in [-0.1, -0.05) is 31.5 Å². The Morgan fingerprint density at radius 1 is 1.20 bits per heavy atom. The highest BCUT2D eigenvalue weighted by Crippen LogP contribution is 2.26. The monoisotopic (exact) mass is 352 g/mol. The fourth-order valence-corrected chi connectivity index (χ4v) is 3.44. The number of hydrogen-bond acceptors (Lipinski definition) is 6. The summed E-state index contributed by atoms with van der Waals surface area (Å²) in [4.78, 5) is 4.21. The topological polar surface area (TPSA) is 86.4 Å². The average Bonchev–Trinajstić information content (AvgIpc) is 3.03. The molecule has 0 saturated heterocycles. The number of aromatic nitrogens is 1. The molecule has 0 unspecified atom stereocenters. The number of fused-ring (bicyclic) bond motifs is 1. The van der Waals surface area contributed by atoms with E-state index in [2.05, 4.69) is 18.0 Å². The van der Waals surface area contributed by atoms with Crippen molar-refractivity contribution in [1.29, 1.82) is 5.26 Å². The van der Waals surface area contributed by atoms with Gasteiger partial charge in [-0.15, -0.1) is 11.3 Å². The standard InChI is InChI=1S/C18H17BN2O3S/c1-2-3-12-8-14(19(22)23)5-4-13(12)11-24-15-6-7-16-17(9-15)25-18(10-20)21-16/h4-9,22-23H,2-3,11H2,1H3. The SMILES string of the molecule is CCCc1cc(B(O)O)ccc1COc1ccc2nc(C#N)sc2c1. The van der Waals surface area contributed by atoms with E-state index in [1.54, 1.807) is 6.07 Å². The van der Waals surface area contributed by atoms with Crippen LogP contribution in [-0.2, 0) is 13.0 Å². The van der Waals surface area contributed by atoms with Crippen LogP contribution >= 0.6 is 11.3 Å². The Hall–Kier alpha value is -2.40. The molecule has 0 spiro atoms. The van der Waals surface area contributed by atoms with Gasteiger partial charge in [-0.2, -0.15) is 5.26 Å². The van der Waals surface area contributed by atoms with Gasteiger partial charge in [0, 0.05) is 0 Å². The minimum absolute atomic E-state index is 0.395. The first kappa shape index (κ1) is 17.4. The van der Waals surface area contributed by atoms with Gasteiger partial charge in [0.25, 0.3) is 0 Å². The van der Waals surface area contributed by atoms with Crippen molar-refractivity contribution in [2.75, 3.05) is 0 Å². The van der Waals surface area contributed by atoms with E-state index in [1.807, 2.05) is 30.3 Å². The molecule has 0 radical (unpaired) electrons. The predicted molar refractivity (Wildman–Crippen MR) is 98.9 cm³/mol. The molecule has 1 heterocycles. The Morgan fingerprint density at radius 2 is 2.04 bits per heavy atom. The van der Waals surface area contributed by atoms with Gasteiger partial charge in [0.2, 0.25) is 0 Å². The van der Waals surface area contributed by atoms with Crippen LogP contribution in [0.2, 0.25) is 0 Å². The minimum Gasteiger partial charge on any atom is -0.489 e. The molecular weight excluding hydrogens is 335 g/mol. The molecular formula is C18H17BN2O3S. The third-order valence-corrected chi connectivity index (χ3v) is 4.82. The number of hydrogen-bond donors (Lipinski definition) is 2. The highest BCUT2D eigenvalue weighted by atomic mass is 32.1. The van der Waals surface area contributed by atoms with Crippen LogP contribution in [-0.4, -0.2) is 22.2 Å². The summed E-state index contributed by atoms with van der Waals surface area (Å²) in [5.74, 6) is 0.717. The van der Waals surface area contributed by atoms with E-state index in [0.29, 0.717) is 22.8 Å². The lowest BCUT2D eigenvalue weighted by Crippen LogP contribution is -2.30. The fraction of sp³-hybridized carbons (Fsp3) is 0.222. The van der Waals surface area contributed by atoms with Crippen LogP contribution in [0.15, 0.2) is 36.4 Å². The molecule has 0 bridgehead atoms. The maximum Gasteiger partial charge on any atom is 0.488 e. The number of nitrogens with zero attached hydrogens (tertiary/aromatic N) is 2. The van der Waals surface area contributed by atoms with Crippen LogP contribution in [0, 0.1) is 11.3 Å². The van der Waals surface area contributed by atoms with Crippen molar-refractivity contribution in [1.82, 2.24) is 4.98 Å². The number of thiazole rings is 1. The van der Waals surface area contributed by atoms with Gasteiger partial charge in [0.05, 0.1) is 10.2 Å². The highest BCUT2D eigenvalue weighted by molar-refractivity contribution is 7.19. The molecule has 7 heteroatoms. The largest absolute Gasteiger partial charge is 0.489 e. The molecule has 0 aliphatic carbocycles. The molecule has 2 N–H and O–H groups in total. The van der Waals surface area contributed by atoms with Gasteiger partial charge >= 0.3 is 7.12 Å². The third kappa shape index (κ3) is 3.99. The lowest BCUT2D eigenvalue weighted by Gasteiger charge is -2.12. The summed E-state index contributed by atoms with van der Waals surface area (Å²) in [6.45, 7) is 2.48. The first-order chi connectivity index (χ1) is 12.1. The summed E-state index contributed by atoms with van der Waals surface area (Å²) in [5, 5.41) is 28.0. The molecule has 126 valence electrons. The molecule has 0 atom stereocenters. The zero-order valence-corrected chi connectivity index (χ0v) is 14.6. The Bertz CT molecular complexity index is 934. The van der Waals surface area contributed by atoms with E-state index in [9.17, 15) is 10.0 Å². The molecule has 3 aromatic rings. The summed E-state index contributed by atoms with van der Waals surface area (Å²) in [7, 11) is -1.46. The molecule has 0 aliphatic heterocycles. The number of rotatable bonds is 6. The average molecular weight is 352 g/mol. The third-order valence-electron chi connectivity index (χ3n) is 3.90. The second-order valence-electron chi connectivity index (χ2n) is 5.70. The second kappa shape index (κ2) is 7.66. The van der Waals surface area contributed by atoms with Gasteiger partial charge in [0.15, 0.2) is 5.01 Å². The molecule has 3 rings (SSSR count). The maximum absolute atomic E-state index is 9.33. The summed E-state index contributed by atoms with van der Waals surface area (Å²) >= 11 is 1.34. The zero-order chi connectivity index (χ0) is 17.8. The van der Waals surface area contributed by atoms with E-state index in [1.165, 1.54) is 11.3 Å². The van der Waals surface area contributed by atoms with Crippen molar-refractivity contribution in [2.45, 2.75) is 26.4 Å². The number of nitriles is 1. The molecule has 2 aromatic carbocycles. The second-order valence-corrected chi connectivity index (χ2v) is 6.73. The normalized spacial score (nSPS) is 10.6. The number of ether oxygens (including phenoxy) is 1. The summed E-state index contributed by atoms with van der Waals surface area (Å²) in [6, 6.07) is 13.0.